The van der Waals surface area contributed by atoms with Crippen molar-refractivity contribution in [3.05, 3.63) is 18.3 Å². The highest BCUT2D eigenvalue weighted by Crippen LogP contribution is 2.38. The third kappa shape index (κ3) is 4.68. The van der Waals surface area contributed by atoms with Crippen molar-refractivity contribution >= 4 is 29.3 Å². The van der Waals surface area contributed by atoms with Gasteiger partial charge in [-0.3, -0.25) is 9.59 Å². The number of amides is 2. The molecule has 1 aliphatic heterocycles. The summed E-state index contributed by atoms with van der Waals surface area (Å²) in [5.41, 5.74) is 0.840. The van der Waals surface area contributed by atoms with E-state index in [1.165, 1.54) is 11.8 Å². The molecule has 1 aliphatic rings. The molecular formula is C16H24N4O2S. The molecule has 1 atom stereocenters. The molecule has 0 aliphatic carbocycles. The van der Waals surface area contributed by atoms with E-state index in [1.807, 2.05) is 33.2 Å². The van der Waals surface area contributed by atoms with Crippen LogP contribution in [-0.4, -0.2) is 60.7 Å². The number of nitrogens with one attached hydrogen (secondary N) is 1. The quantitative estimate of drug-likeness (QED) is 0.762. The lowest BCUT2D eigenvalue weighted by Crippen LogP contribution is -2.43. The maximum atomic E-state index is 12.6. The van der Waals surface area contributed by atoms with Crippen LogP contribution in [0, 0.1) is 0 Å². The fourth-order valence-electron chi connectivity index (χ4n) is 2.48. The summed E-state index contributed by atoms with van der Waals surface area (Å²) >= 11 is 1.39. The summed E-state index contributed by atoms with van der Waals surface area (Å²) in [4.78, 5) is 32.8. The molecule has 0 saturated heterocycles. The first kappa shape index (κ1) is 17.7. The van der Waals surface area contributed by atoms with Crippen LogP contribution in [0.25, 0.3) is 0 Å². The number of pyridine rings is 1. The lowest BCUT2D eigenvalue weighted by atomic mass is 10.2. The van der Waals surface area contributed by atoms with Crippen molar-refractivity contribution in [3.63, 3.8) is 0 Å². The van der Waals surface area contributed by atoms with E-state index in [-0.39, 0.29) is 18.2 Å². The number of aromatic nitrogens is 1. The van der Waals surface area contributed by atoms with Gasteiger partial charge in [0.05, 0.1) is 10.9 Å². The third-order valence-electron chi connectivity index (χ3n) is 3.63. The topological polar surface area (TPSA) is 65.5 Å². The molecule has 1 N–H and O–H groups in total. The summed E-state index contributed by atoms with van der Waals surface area (Å²) in [5.74, 6) is -0.0912. The normalized spacial score (nSPS) is 17.3. The zero-order valence-electron chi connectivity index (χ0n) is 13.9. The molecule has 1 aromatic rings. The first-order chi connectivity index (χ1) is 11.0. The van der Waals surface area contributed by atoms with E-state index in [1.54, 1.807) is 11.1 Å². The van der Waals surface area contributed by atoms with Crippen LogP contribution in [0.15, 0.2) is 23.4 Å². The van der Waals surface area contributed by atoms with Crippen molar-refractivity contribution in [1.29, 1.82) is 0 Å². The number of thioether (sulfide) groups is 1. The Kier molecular flexibility index (Phi) is 6.41. The van der Waals surface area contributed by atoms with Crippen molar-refractivity contribution in [1.82, 2.24) is 15.2 Å². The Bertz CT molecular complexity index is 565. The lowest BCUT2D eigenvalue weighted by Gasteiger charge is -2.31. The molecule has 0 spiro atoms. The van der Waals surface area contributed by atoms with E-state index in [0.717, 1.165) is 23.7 Å². The Morgan fingerprint density at radius 2 is 2.26 bits per heavy atom. The monoisotopic (exact) mass is 336 g/mol. The summed E-state index contributed by atoms with van der Waals surface area (Å²) in [5, 5.41) is 3.31. The zero-order chi connectivity index (χ0) is 16.8. The molecule has 2 heterocycles. The summed E-state index contributed by atoms with van der Waals surface area (Å²) < 4.78 is 0. The lowest BCUT2D eigenvalue weighted by molar-refractivity contribution is -0.124. The van der Waals surface area contributed by atoms with Gasteiger partial charge in [-0.15, -0.1) is 0 Å². The number of nitrogens with zero attached hydrogens (tertiary/aromatic N) is 3. The van der Waals surface area contributed by atoms with Crippen molar-refractivity contribution in [2.24, 2.45) is 0 Å². The Hall–Kier alpha value is -1.60. The standard InChI is InChI=1S/C16H24N4O2S/c1-4-20-12-7-5-8-18-15(12)23-13(16(20)22)11-14(21)17-9-6-10-19(2)3/h5,7-8,13H,4,6,9-11H2,1-3H3,(H,17,21)/t13-/m0/s1. The number of carbonyl (C=O) groups is 2. The second kappa shape index (κ2) is 8.31. The van der Waals surface area contributed by atoms with Gasteiger partial charge in [0.2, 0.25) is 11.8 Å². The van der Waals surface area contributed by atoms with Gasteiger partial charge in [-0.2, -0.15) is 0 Å². The first-order valence-electron chi connectivity index (χ1n) is 7.87. The number of anilines is 1. The molecule has 0 unspecified atom stereocenters. The number of hydrogen-bond acceptors (Lipinski definition) is 5. The number of rotatable bonds is 7. The summed E-state index contributed by atoms with van der Waals surface area (Å²) in [6.45, 7) is 4.08. The van der Waals surface area contributed by atoms with Gasteiger partial charge in [0.15, 0.2) is 0 Å². The molecule has 0 fully saturated rings. The minimum Gasteiger partial charge on any atom is -0.356 e. The van der Waals surface area contributed by atoms with E-state index >= 15 is 0 Å². The van der Waals surface area contributed by atoms with Gasteiger partial charge in [0.25, 0.3) is 0 Å². The van der Waals surface area contributed by atoms with Crippen molar-refractivity contribution in [2.75, 3.05) is 38.6 Å². The van der Waals surface area contributed by atoms with Crippen LogP contribution in [0.2, 0.25) is 0 Å². The smallest absolute Gasteiger partial charge is 0.241 e. The predicted molar refractivity (Wildman–Crippen MR) is 92.7 cm³/mol. The van der Waals surface area contributed by atoms with Gasteiger partial charge in [-0.25, -0.2) is 4.98 Å². The van der Waals surface area contributed by atoms with Crippen LogP contribution < -0.4 is 10.2 Å². The molecule has 1 aromatic heterocycles. The second-order valence-corrected chi connectivity index (χ2v) is 6.92. The Morgan fingerprint density at radius 3 is 2.96 bits per heavy atom. The summed E-state index contributed by atoms with van der Waals surface area (Å²) in [7, 11) is 4.01. The molecule has 0 radical (unpaired) electrons. The van der Waals surface area contributed by atoms with Crippen LogP contribution in [0.5, 0.6) is 0 Å². The summed E-state index contributed by atoms with van der Waals surface area (Å²) in [6, 6.07) is 3.72. The number of fused-ring (bicyclic) bond motifs is 1. The first-order valence-corrected chi connectivity index (χ1v) is 8.75. The van der Waals surface area contributed by atoms with E-state index in [9.17, 15) is 9.59 Å². The van der Waals surface area contributed by atoms with Crippen molar-refractivity contribution < 1.29 is 9.59 Å². The van der Waals surface area contributed by atoms with Gasteiger partial charge in [-0.1, -0.05) is 11.8 Å². The maximum absolute atomic E-state index is 12.6. The van der Waals surface area contributed by atoms with Gasteiger partial charge >= 0.3 is 0 Å². The fraction of sp³-hybridized carbons (Fsp3) is 0.562. The van der Waals surface area contributed by atoms with Crippen LogP contribution in [-0.2, 0) is 9.59 Å². The van der Waals surface area contributed by atoms with Gasteiger partial charge in [0, 0.05) is 25.7 Å². The molecule has 126 valence electrons. The Morgan fingerprint density at radius 1 is 1.48 bits per heavy atom. The third-order valence-corrected chi connectivity index (χ3v) is 4.82. The molecule has 0 saturated carbocycles. The Balaban J connectivity index is 1.93. The molecule has 0 aromatic carbocycles. The maximum Gasteiger partial charge on any atom is 0.241 e. The molecule has 2 rings (SSSR count). The zero-order valence-corrected chi connectivity index (χ0v) is 14.7. The van der Waals surface area contributed by atoms with Crippen LogP contribution in [0.1, 0.15) is 19.8 Å². The molecule has 0 bridgehead atoms. The van der Waals surface area contributed by atoms with Crippen molar-refractivity contribution in [3.8, 4) is 0 Å². The van der Waals surface area contributed by atoms with Crippen molar-refractivity contribution in [2.45, 2.75) is 30.0 Å². The highest BCUT2D eigenvalue weighted by atomic mass is 32.2. The minimum atomic E-state index is -0.397. The van der Waals surface area contributed by atoms with E-state index in [4.69, 9.17) is 0 Å². The fourth-order valence-corrected chi connectivity index (χ4v) is 3.63. The second-order valence-electron chi connectivity index (χ2n) is 5.73. The van der Waals surface area contributed by atoms with E-state index < -0.39 is 5.25 Å². The minimum absolute atomic E-state index is 0.0126. The van der Waals surface area contributed by atoms with Gasteiger partial charge < -0.3 is 15.1 Å². The molecule has 6 nitrogen and oxygen atoms in total. The van der Waals surface area contributed by atoms with Gasteiger partial charge in [-0.05, 0) is 46.1 Å². The predicted octanol–water partition coefficient (Wildman–Crippen LogP) is 1.37. The van der Waals surface area contributed by atoms with E-state index in [2.05, 4.69) is 15.2 Å². The highest BCUT2D eigenvalue weighted by molar-refractivity contribution is 8.00. The molecule has 7 heteroatoms. The number of hydrogen-bond donors (Lipinski definition) is 1. The summed E-state index contributed by atoms with van der Waals surface area (Å²) in [6.07, 6.45) is 2.81. The number of carbonyl (C=O) groups excluding carboxylic acids is 2. The molecule has 2 amide bonds. The van der Waals surface area contributed by atoms with Crippen LogP contribution in [0.4, 0.5) is 5.69 Å². The van der Waals surface area contributed by atoms with Gasteiger partial charge in [0.1, 0.15) is 5.03 Å². The van der Waals surface area contributed by atoms with Crippen LogP contribution >= 0.6 is 11.8 Å². The van der Waals surface area contributed by atoms with Crippen LogP contribution in [0.3, 0.4) is 0 Å². The van der Waals surface area contributed by atoms with E-state index in [0.29, 0.717) is 13.1 Å². The average molecular weight is 336 g/mol. The Labute approximate surface area is 141 Å². The average Bonchev–Trinajstić information content (AvgIpc) is 2.52. The molecule has 23 heavy (non-hydrogen) atoms. The largest absolute Gasteiger partial charge is 0.356 e. The SMILES string of the molecule is CCN1C(=O)[C@H](CC(=O)NCCCN(C)C)Sc2ncccc21. The highest BCUT2D eigenvalue weighted by Gasteiger charge is 2.34. The molecular weight excluding hydrogens is 312 g/mol.